The number of hydrogen-bond acceptors (Lipinski definition) is 10. The average Bonchev–Trinajstić information content (AvgIpc) is 3.83. The minimum absolute atomic E-state index is 0.0367. The van der Waals surface area contributed by atoms with Gasteiger partial charge >= 0.3 is 0 Å². The van der Waals surface area contributed by atoms with E-state index in [0.29, 0.717) is 65.4 Å². The van der Waals surface area contributed by atoms with E-state index in [1.54, 1.807) is 32.0 Å². The SMILES string of the molecule is CC(C)(O)C[C@@H]1CN(CCc2cc(F)c([C@H]3CCC(=O)NC3=O)c(F)c2)CCN1C1CCC(n2cc3cc(NC(=O)c4ccc5cc(C#N)cnn45)c(C(C)(C)O)cc3n2)CC1. The number of carbonyl (C=O) groups is 3. The van der Waals surface area contributed by atoms with Crippen molar-refractivity contribution in [3.8, 4) is 6.07 Å². The number of aromatic nitrogens is 4. The second-order valence-electron chi connectivity index (χ2n) is 18.4. The number of aliphatic hydroxyl groups is 2. The van der Waals surface area contributed by atoms with E-state index in [9.17, 15) is 29.9 Å². The minimum Gasteiger partial charge on any atom is -0.390 e. The number of anilines is 1. The van der Waals surface area contributed by atoms with E-state index in [0.717, 1.165) is 44.2 Å². The van der Waals surface area contributed by atoms with E-state index in [2.05, 4.69) is 31.6 Å². The normalized spacial score (nSPS) is 21.9. The number of nitriles is 1. The van der Waals surface area contributed by atoms with Gasteiger partial charge in [0.1, 0.15) is 23.4 Å². The summed E-state index contributed by atoms with van der Waals surface area (Å²) in [5.74, 6) is -4.11. The summed E-state index contributed by atoms with van der Waals surface area (Å²) in [6.45, 7) is 9.83. The number of carbonyl (C=O) groups excluding carboxylic acids is 3. The van der Waals surface area contributed by atoms with Crippen molar-refractivity contribution < 1.29 is 33.4 Å². The van der Waals surface area contributed by atoms with Gasteiger partial charge in [-0.2, -0.15) is 15.5 Å². The maximum absolute atomic E-state index is 15.3. The first-order chi connectivity index (χ1) is 29.4. The van der Waals surface area contributed by atoms with Crippen molar-refractivity contribution in [1.29, 1.82) is 5.26 Å². The molecule has 2 aliphatic heterocycles. The Bertz CT molecular complexity index is 2550. The summed E-state index contributed by atoms with van der Waals surface area (Å²) < 4.78 is 34.0. The summed E-state index contributed by atoms with van der Waals surface area (Å²) >= 11 is 0. The molecule has 0 unspecified atom stereocenters. The Kier molecular flexibility index (Phi) is 11.8. The topological polar surface area (TPSA) is 181 Å². The number of nitrogens with zero attached hydrogens (tertiary/aromatic N) is 7. The Morgan fingerprint density at radius 1 is 0.984 bits per heavy atom. The third kappa shape index (κ3) is 9.12. The lowest BCUT2D eigenvalue weighted by atomic mass is 9.87. The monoisotopic (exact) mass is 849 g/mol. The van der Waals surface area contributed by atoms with Gasteiger partial charge in [0.2, 0.25) is 11.8 Å². The highest BCUT2D eigenvalue weighted by Gasteiger charge is 2.38. The molecule has 5 heterocycles. The van der Waals surface area contributed by atoms with Gasteiger partial charge in [-0.1, -0.05) is 0 Å². The van der Waals surface area contributed by atoms with Crippen molar-refractivity contribution in [2.45, 2.75) is 114 Å². The van der Waals surface area contributed by atoms with E-state index >= 15 is 8.78 Å². The van der Waals surface area contributed by atoms with Crippen LogP contribution in [0.15, 0.2) is 54.9 Å². The van der Waals surface area contributed by atoms with Crippen molar-refractivity contribution in [3.63, 3.8) is 0 Å². The first-order valence-corrected chi connectivity index (χ1v) is 21.4. The number of amides is 3. The number of piperidine rings is 1. The highest BCUT2D eigenvalue weighted by Crippen LogP contribution is 2.37. The fourth-order valence-electron chi connectivity index (χ4n) is 9.71. The molecule has 0 spiro atoms. The summed E-state index contributed by atoms with van der Waals surface area (Å²) in [6.07, 6.45) is 8.16. The quantitative estimate of drug-likeness (QED) is 0.120. The Morgan fingerprint density at radius 2 is 1.71 bits per heavy atom. The van der Waals surface area contributed by atoms with Crippen molar-refractivity contribution >= 4 is 39.8 Å². The molecule has 3 aromatic heterocycles. The van der Waals surface area contributed by atoms with Crippen LogP contribution in [0.25, 0.3) is 16.4 Å². The van der Waals surface area contributed by atoms with Gasteiger partial charge in [0, 0.05) is 73.1 Å². The highest BCUT2D eigenvalue weighted by molar-refractivity contribution is 6.05. The molecule has 1 aliphatic carbocycles. The van der Waals surface area contributed by atoms with Crippen LogP contribution in [0.3, 0.4) is 0 Å². The number of halogens is 2. The second kappa shape index (κ2) is 16.9. The summed E-state index contributed by atoms with van der Waals surface area (Å²) in [5.41, 5.74) is 0.997. The van der Waals surface area contributed by atoms with Crippen LogP contribution >= 0.6 is 0 Å². The van der Waals surface area contributed by atoms with Crippen LogP contribution in [0.2, 0.25) is 0 Å². The second-order valence-corrected chi connectivity index (χ2v) is 18.4. The van der Waals surface area contributed by atoms with E-state index in [1.807, 2.05) is 36.9 Å². The van der Waals surface area contributed by atoms with Crippen LogP contribution in [-0.4, -0.2) is 101 Å². The summed E-state index contributed by atoms with van der Waals surface area (Å²) in [6, 6.07) is 13.9. The molecule has 0 radical (unpaired) electrons. The lowest BCUT2D eigenvalue weighted by molar-refractivity contribution is -0.134. The molecule has 16 heteroatoms. The number of piperazine rings is 1. The summed E-state index contributed by atoms with van der Waals surface area (Å²) in [5, 5.41) is 46.6. The Morgan fingerprint density at radius 3 is 2.39 bits per heavy atom. The predicted molar refractivity (Wildman–Crippen MR) is 227 cm³/mol. The Labute approximate surface area is 358 Å². The maximum atomic E-state index is 15.3. The van der Waals surface area contributed by atoms with Gasteiger partial charge in [-0.05, 0) is 121 Å². The fraction of sp³-hybridized carbons (Fsp3) is 0.478. The molecule has 1 saturated carbocycles. The van der Waals surface area contributed by atoms with Crippen molar-refractivity contribution in [2.75, 3.05) is 31.5 Å². The molecule has 3 amide bonds. The van der Waals surface area contributed by atoms with Crippen LogP contribution in [0.4, 0.5) is 14.5 Å². The van der Waals surface area contributed by atoms with Crippen LogP contribution in [0.5, 0.6) is 0 Å². The third-order valence-corrected chi connectivity index (χ3v) is 12.7. The smallest absolute Gasteiger partial charge is 0.274 e. The van der Waals surface area contributed by atoms with Crippen molar-refractivity contribution in [1.82, 2.24) is 34.5 Å². The molecule has 2 saturated heterocycles. The number of rotatable bonds is 11. The Hall–Kier alpha value is -5.60. The van der Waals surface area contributed by atoms with E-state index < -0.39 is 46.5 Å². The largest absolute Gasteiger partial charge is 0.390 e. The molecule has 326 valence electrons. The van der Waals surface area contributed by atoms with Gasteiger partial charge < -0.3 is 20.4 Å². The van der Waals surface area contributed by atoms with Gasteiger partial charge in [0.25, 0.3) is 5.91 Å². The number of fused-ring (bicyclic) bond motifs is 2. The van der Waals surface area contributed by atoms with Gasteiger partial charge in [-0.3, -0.25) is 29.3 Å². The number of nitrogens with one attached hydrogen (secondary N) is 2. The van der Waals surface area contributed by atoms with E-state index in [1.165, 1.54) is 22.8 Å². The molecule has 0 bridgehead atoms. The lowest BCUT2D eigenvalue weighted by Crippen LogP contribution is -2.58. The number of benzene rings is 2. The zero-order valence-corrected chi connectivity index (χ0v) is 35.5. The van der Waals surface area contributed by atoms with Crippen LogP contribution in [0.1, 0.15) is 117 Å². The lowest BCUT2D eigenvalue weighted by Gasteiger charge is -2.48. The molecular formula is C46H53F2N9O5. The molecule has 3 fully saturated rings. The predicted octanol–water partition coefficient (Wildman–Crippen LogP) is 5.71. The standard InChI is InChI=1S/C46H53F2N9O5/c1-45(2,61)22-33-26-54(14-13-27-18-36(47)42(37(48)19-27)34-10-12-41(58)52-43(34)59)15-16-55(33)30-5-7-31(8-6-30)56-25-29-20-39(35(46(3,4)62)21-38(29)53-56)51-44(60)40-11-9-32-17-28(23-49)24-50-57(32)40/h9,11,17-21,24-25,30-31,33-34,61-62H,5-8,10,12-16,22,26H2,1-4H3,(H,51,60)(H,52,58,59)/t30?,31?,33-,34-/m1/s1. The molecule has 2 atom stereocenters. The van der Waals surface area contributed by atoms with Gasteiger partial charge in [-0.15, -0.1) is 0 Å². The third-order valence-electron chi connectivity index (χ3n) is 12.7. The molecule has 4 N–H and O–H groups in total. The van der Waals surface area contributed by atoms with Gasteiger partial charge in [0.15, 0.2) is 0 Å². The Balaban J connectivity index is 0.916. The van der Waals surface area contributed by atoms with E-state index in [-0.39, 0.29) is 36.2 Å². The van der Waals surface area contributed by atoms with Crippen molar-refractivity contribution in [3.05, 3.63) is 94.4 Å². The molecule has 14 nitrogen and oxygen atoms in total. The van der Waals surface area contributed by atoms with Gasteiger partial charge in [0.05, 0.1) is 46.0 Å². The molecule has 2 aromatic carbocycles. The summed E-state index contributed by atoms with van der Waals surface area (Å²) in [4.78, 5) is 42.3. The molecule has 8 rings (SSSR count). The minimum atomic E-state index is -1.29. The highest BCUT2D eigenvalue weighted by atomic mass is 19.1. The van der Waals surface area contributed by atoms with Crippen LogP contribution in [-0.2, 0) is 21.6 Å². The number of imide groups is 1. The van der Waals surface area contributed by atoms with Crippen LogP contribution in [0, 0.1) is 23.0 Å². The zero-order chi connectivity index (χ0) is 44.1. The number of hydrogen-bond donors (Lipinski definition) is 4. The first kappa shape index (κ1) is 43.1. The molecular weight excluding hydrogens is 797 g/mol. The fourth-order valence-corrected chi connectivity index (χ4v) is 9.71. The van der Waals surface area contributed by atoms with Crippen molar-refractivity contribution in [2.24, 2.45) is 0 Å². The molecule has 62 heavy (non-hydrogen) atoms. The van der Waals surface area contributed by atoms with E-state index in [4.69, 9.17) is 5.10 Å². The maximum Gasteiger partial charge on any atom is 0.274 e. The van der Waals surface area contributed by atoms with Crippen LogP contribution < -0.4 is 10.6 Å². The molecule has 3 aliphatic rings. The average molecular weight is 850 g/mol. The zero-order valence-electron chi connectivity index (χ0n) is 35.5. The molecule has 5 aromatic rings. The summed E-state index contributed by atoms with van der Waals surface area (Å²) in [7, 11) is 0. The first-order valence-electron chi connectivity index (χ1n) is 21.4. The van der Waals surface area contributed by atoms with Gasteiger partial charge in [-0.25, -0.2) is 13.3 Å².